The average molecular weight is 525 g/mol. The second kappa shape index (κ2) is 42.7. The molecule has 0 bridgehead atoms. The average Bonchev–Trinajstić information content (AvgIpc) is 2.24. The van der Waals surface area contributed by atoms with Crippen LogP contribution in [-0.4, -0.2) is 35.0 Å². The fraction of sp³-hybridized carbons (Fsp3) is 0.500. The summed E-state index contributed by atoms with van der Waals surface area (Å²) >= 11 is 0. The van der Waals surface area contributed by atoms with E-state index in [1.165, 1.54) is 0 Å². The van der Waals surface area contributed by atoms with Gasteiger partial charge in [0.1, 0.15) is 0 Å². The Hall–Kier alpha value is 0.388. The van der Waals surface area contributed by atoms with Crippen molar-refractivity contribution in [3.05, 3.63) is 27.7 Å². The Morgan fingerprint density at radius 1 is 0.550 bits per heavy atom. The molecule has 0 aromatic heterocycles. The Morgan fingerprint density at radius 3 is 0.550 bits per heavy atom. The van der Waals surface area contributed by atoms with Crippen LogP contribution in [-0.2, 0) is 41.9 Å². The van der Waals surface area contributed by atoms with Crippen LogP contribution in [0.25, 0.3) is 0 Å². The van der Waals surface area contributed by atoms with E-state index in [1.54, 1.807) is 27.7 Å². The molecule has 0 aliphatic rings. The van der Waals surface area contributed by atoms with Gasteiger partial charge >= 0.3 is 41.9 Å². The van der Waals surface area contributed by atoms with Gasteiger partial charge in [-0.2, -0.15) is 44.5 Å². The summed E-state index contributed by atoms with van der Waals surface area (Å²) in [7, 11) is -9.33. The minimum absolute atomic E-state index is 0. The zero-order chi connectivity index (χ0) is 17.0. The molecule has 0 atom stereocenters. The maximum Gasteiger partial charge on any atom is 4.00 e. The van der Waals surface area contributed by atoms with Crippen LogP contribution in [0.1, 0.15) is 27.7 Å². The number of hydrogen-bond donors (Lipinski definition) is 5. The predicted octanol–water partition coefficient (Wildman–Crippen LogP) is 2.22. The molecular weight excluding hydrogens is 497 g/mol. The zero-order valence-corrected chi connectivity index (χ0v) is 16.0. The van der Waals surface area contributed by atoms with E-state index in [1.807, 2.05) is 0 Å². The van der Waals surface area contributed by atoms with E-state index in [9.17, 15) is 0 Å². The van der Waals surface area contributed by atoms with Crippen molar-refractivity contribution in [2.45, 2.75) is 27.7 Å². The Morgan fingerprint density at radius 2 is 0.550 bits per heavy atom. The van der Waals surface area contributed by atoms with Gasteiger partial charge in [0.2, 0.25) is 0 Å². The number of hydrogen-bond acceptors (Lipinski definition) is 5. The molecule has 0 aromatic rings. The van der Waals surface area contributed by atoms with Gasteiger partial charge in [0.05, 0.1) is 0 Å². The van der Waals surface area contributed by atoms with Gasteiger partial charge in [-0.3, -0.25) is 18.2 Å². The fourth-order valence-corrected chi connectivity index (χ4v) is 0. The first-order chi connectivity index (χ1) is 8.00. The molecule has 9 nitrogen and oxygen atoms in total. The van der Waals surface area contributed by atoms with Crippen molar-refractivity contribution in [1.29, 1.82) is 0 Å². The van der Waals surface area contributed by atoms with E-state index in [0.717, 1.165) is 0 Å². The van der Waals surface area contributed by atoms with Gasteiger partial charge in [-0.25, -0.2) is 0 Å². The Kier molecular flexibility index (Phi) is 107. The first-order valence-electron chi connectivity index (χ1n) is 4.23. The normalized spacial score (nSPS) is 7.00. The van der Waals surface area contributed by atoms with Crippen molar-refractivity contribution >= 4 is 20.8 Å². The second-order valence-electron chi connectivity index (χ2n) is 0.896. The van der Waals surface area contributed by atoms with Crippen LogP contribution < -0.4 is 6.15 Å². The molecule has 12 heteroatoms. The summed E-state index contributed by atoms with van der Waals surface area (Å²) in [5.74, 6) is 0. The van der Waals surface area contributed by atoms with Gasteiger partial charge in [-0.15, -0.1) is 0 Å². The Bertz CT molecular complexity index is 233. The molecule has 0 aromatic carbocycles. The van der Waals surface area contributed by atoms with Crippen LogP contribution in [0, 0.1) is 27.7 Å². The van der Waals surface area contributed by atoms with Crippen molar-refractivity contribution in [2.24, 2.45) is 0 Å². The van der Waals surface area contributed by atoms with Crippen LogP contribution >= 0.6 is 0 Å². The Balaban J connectivity index is -0.0000000151. The van der Waals surface area contributed by atoms with Crippen molar-refractivity contribution in [3.8, 4) is 0 Å². The molecule has 0 radical (unpaired) electrons. The van der Waals surface area contributed by atoms with Gasteiger partial charge in [-0.1, -0.05) is 0 Å². The van der Waals surface area contributed by atoms with E-state index < -0.39 is 20.8 Å². The molecule has 134 valence electrons. The molecule has 0 heterocycles. The second-order valence-corrected chi connectivity index (χ2v) is 2.69. The third-order valence-electron chi connectivity index (χ3n) is 0. The van der Waals surface area contributed by atoms with E-state index in [-0.39, 0.29) is 27.2 Å². The molecule has 0 spiro atoms. The summed E-state index contributed by atoms with van der Waals surface area (Å²) in [5.41, 5.74) is 0. The Labute approximate surface area is 138 Å². The molecule has 0 unspecified atom stereocenters. The summed E-state index contributed by atoms with van der Waals surface area (Å²) in [6, 6.07) is 0. The molecule has 7 N–H and O–H groups in total. The SMILES string of the molecule is N.O=S(=O)(O)O.O=S(=O)(O)O.[CH2-]C.[CH2-]C.[CH2-]C.[CH2-]C.[Pt+4]. The predicted molar refractivity (Wildman–Crippen MR) is 77.5 cm³/mol. The standard InChI is InChI=1S/4C2H5.H3N.2H2O4S.Pt/c4*1-2;;2*1-5(2,3)4;/h4*1H2,2H3;1H3;2*(H2,1,2,3,4);/q4*-1;;;;+4. The van der Waals surface area contributed by atoms with Crippen molar-refractivity contribution in [3.63, 3.8) is 0 Å². The third-order valence-corrected chi connectivity index (χ3v) is 0. The molecule has 0 aliphatic heterocycles. The van der Waals surface area contributed by atoms with Crippen LogP contribution in [0.4, 0.5) is 0 Å². The van der Waals surface area contributed by atoms with Gasteiger partial charge < -0.3 is 33.8 Å². The maximum absolute atomic E-state index is 8.74. The van der Waals surface area contributed by atoms with Gasteiger partial charge in [0.15, 0.2) is 0 Å². The van der Waals surface area contributed by atoms with Gasteiger partial charge in [0.25, 0.3) is 0 Å². The maximum atomic E-state index is 8.74. The summed E-state index contributed by atoms with van der Waals surface area (Å²) in [4.78, 5) is 0. The van der Waals surface area contributed by atoms with Gasteiger partial charge in [0, 0.05) is 0 Å². The molecule has 20 heavy (non-hydrogen) atoms. The molecule has 0 aliphatic carbocycles. The molecule has 0 saturated heterocycles. The largest absolute Gasteiger partial charge is 4.00 e. The van der Waals surface area contributed by atoms with E-state index in [0.29, 0.717) is 0 Å². The van der Waals surface area contributed by atoms with Crippen LogP contribution in [0.5, 0.6) is 0 Å². The number of rotatable bonds is 0. The topological polar surface area (TPSA) is 184 Å². The quantitative estimate of drug-likeness (QED) is 0.234. The van der Waals surface area contributed by atoms with Crippen molar-refractivity contribution in [1.82, 2.24) is 6.15 Å². The van der Waals surface area contributed by atoms with Crippen LogP contribution in [0.15, 0.2) is 0 Å². The monoisotopic (exact) mass is 524 g/mol. The van der Waals surface area contributed by atoms with Crippen LogP contribution in [0.2, 0.25) is 0 Å². The van der Waals surface area contributed by atoms with E-state index in [4.69, 9.17) is 35.0 Å². The molecule has 0 rings (SSSR count). The zero-order valence-electron chi connectivity index (χ0n) is 12.1. The summed E-state index contributed by atoms with van der Waals surface area (Å²) in [6.07, 6.45) is 0. The first kappa shape index (κ1) is 49.9. The summed E-state index contributed by atoms with van der Waals surface area (Å²) in [6.45, 7) is 20.0. The summed E-state index contributed by atoms with van der Waals surface area (Å²) < 4.78 is 63.2. The minimum Gasteiger partial charge on any atom is -0.346 e. The van der Waals surface area contributed by atoms with Crippen LogP contribution in [0.3, 0.4) is 0 Å². The molecule has 0 amide bonds. The fourth-order valence-electron chi connectivity index (χ4n) is 0. The van der Waals surface area contributed by atoms with E-state index in [2.05, 4.69) is 27.7 Å². The van der Waals surface area contributed by atoms with Gasteiger partial charge in [-0.05, 0) is 0 Å². The van der Waals surface area contributed by atoms with Crippen molar-refractivity contribution in [2.75, 3.05) is 0 Å². The summed E-state index contributed by atoms with van der Waals surface area (Å²) in [5, 5.41) is 0. The minimum atomic E-state index is -4.67. The molecular formula is C8H27NO8PtS2. The van der Waals surface area contributed by atoms with Crippen molar-refractivity contribution < 1.29 is 56.1 Å². The molecule has 0 saturated carbocycles. The smallest absolute Gasteiger partial charge is 0.346 e. The first-order valence-corrected chi connectivity index (χ1v) is 7.02. The third kappa shape index (κ3) is 36900. The molecule has 0 fully saturated rings. The van der Waals surface area contributed by atoms with E-state index >= 15 is 0 Å².